The lowest BCUT2D eigenvalue weighted by Gasteiger charge is -2.25. The number of carbonyl (C=O) groups is 1. The highest BCUT2D eigenvalue weighted by Crippen LogP contribution is 2.02. The van der Waals surface area contributed by atoms with Crippen LogP contribution in [0.15, 0.2) is 0 Å². The first kappa shape index (κ1) is 11.6. The minimum Gasteiger partial charge on any atom is -0.301 e. The summed E-state index contributed by atoms with van der Waals surface area (Å²) < 4.78 is 11.0. The Kier molecular flexibility index (Phi) is 5.06. The van der Waals surface area contributed by atoms with Gasteiger partial charge in [-0.05, 0) is 13.0 Å². The van der Waals surface area contributed by atoms with Crippen molar-refractivity contribution in [3.63, 3.8) is 0 Å². The fourth-order valence-electron chi connectivity index (χ4n) is 1.43. The molecule has 1 aliphatic rings. The van der Waals surface area contributed by atoms with Gasteiger partial charge in [-0.2, -0.15) is 0 Å². The summed E-state index contributed by atoms with van der Waals surface area (Å²) in [5.74, 6) is 6.37. The predicted molar refractivity (Wildman–Crippen MR) is 55.9 cm³/mol. The molecule has 1 rings (SSSR count). The van der Waals surface area contributed by atoms with E-state index in [1.54, 1.807) is 0 Å². The molecular weight excluding hydrogens is 202 g/mol. The van der Waals surface area contributed by atoms with Gasteiger partial charge in [0.1, 0.15) is 0 Å². The van der Waals surface area contributed by atoms with Gasteiger partial charge in [-0.15, -0.1) is 0 Å². The highest BCUT2D eigenvalue weighted by molar-refractivity contribution is 7.85. The van der Waals surface area contributed by atoms with Crippen LogP contribution in [-0.2, 0) is 15.6 Å². The zero-order valence-electron chi connectivity index (χ0n) is 8.20. The van der Waals surface area contributed by atoms with Crippen molar-refractivity contribution in [2.45, 2.75) is 12.8 Å². The maximum atomic E-state index is 11.0. The van der Waals surface area contributed by atoms with E-state index in [0.29, 0.717) is 6.42 Å². The second kappa shape index (κ2) is 6.10. The van der Waals surface area contributed by atoms with Crippen molar-refractivity contribution in [1.82, 2.24) is 10.3 Å². The molecule has 5 nitrogen and oxygen atoms in total. The van der Waals surface area contributed by atoms with Crippen molar-refractivity contribution >= 4 is 16.7 Å². The molecule has 1 heterocycles. The highest BCUT2D eigenvalue weighted by Gasteiger charge is 2.14. The van der Waals surface area contributed by atoms with Crippen LogP contribution in [0.3, 0.4) is 0 Å². The molecule has 0 aromatic carbocycles. The zero-order chi connectivity index (χ0) is 10.4. The first-order valence-electron chi connectivity index (χ1n) is 4.79. The third-order valence-corrected chi connectivity index (χ3v) is 3.59. The topological polar surface area (TPSA) is 75.4 Å². The second-order valence-corrected chi connectivity index (χ2v) is 5.06. The SMILES string of the molecule is NNC(=O)CCCN1CCS(=O)CC1. The van der Waals surface area contributed by atoms with Gasteiger partial charge in [-0.3, -0.25) is 14.4 Å². The molecule has 1 saturated heterocycles. The Morgan fingerprint density at radius 2 is 2.07 bits per heavy atom. The van der Waals surface area contributed by atoms with Crippen LogP contribution in [0, 0.1) is 0 Å². The van der Waals surface area contributed by atoms with Crippen LogP contribution in [-0.4, -0.2) is 46.2 Å². The molecule has 82 valence electrons. The Morgan fingerprint density at radius 3 is 2.64 bits per heavy atom. The molecule has 0 spiro atoms. The van der Waals surface area contributed by atoms with Gasteiger partial charge in [0, 0.05) is 41.8 Å². The van der Waals surface area contributed by atoms with E-state index in [4.69, 9.17) is 5.84 Å². The summed E-state index contributed by atoms with van der Waals surface area (Å²) in [5.41, 5.74) is 2.10. The summed E-state index contributed by atoms with van der Waals surface area (Å²) in [7, 11) is -0.618. The minimum atomic E-state index is -0.618. The van der Waals surface area contributed by atoms with E-state index < -0.39 is 10.8 Å². The Morgan fingerprint density at radius 1 is 1.43 bits per heavy atom. The number of nitrogens with zero attached hydrogens (tertiary/aromatic N) is 1. The van der Waals surface area contributed by atoms with Crippen molar-refractivity contribution in [2.24, 2.45) is 5.84 Å². The lowest BCUT2D eigenvalue weighted by Crippen LogP contribution is -2.38. The molecular formula is C8H17N3O2S. The van der Waals surface area contributed by atoms with Crippen molar-refractivity contribution in [3.05, 3.63) is 0 Å². The first-order chi connectivity index (χ1) is 6.72. The fraction of sp³-hybridized carbons (Fsp3) is 0.875. The third kappa shape index (κ3) is 4.17. The Bertz CT molecular complexity index is 213. The van der Waals surface area contributed by atoms with Crippen LogP contribution < -0.4 is 11.3 Å². The van der Waals surface area contributed by atoms with E-state index in [9.17, 15) is 9.00 Å². The molecule has 0 saturated carbocycles. The summed E-state index contributed by atoms with van der Waals surface area (Å²) in [6.45, 7) is 2.67. The van der Waals surface area contributed by atoms with E-state index in [2.05, 4.69) is 10.3 Å². The van der Waals surface area contributed by atoms with Crippen LogP contribution in [0.2, 0.25) is 0 Å². The standard InChI is InChI=1S/C8H17N3O2S/c9-10-8(12)2-1-3-11-4-6-14(13)7-5-11/h1-7,9H2,(H,10,12). The predicted octanol–water partition coefficient (Wildman–Crippen LogP) is -1.18. The maximum absolute atomic E-state index is 11.0. The van der Waals surface area contributed by atoms with Gasteiger partial charge < -0.3 is 4.90 Å². The van der Waals surface area contributed by atoms with Crippen LogP contribution >= 0.6 is 0 Å². The van der Waals surface area contributed by atoms with E-state index in [1.807, 2.05) is 0 Å². The van der Waals surface area contributed by atoms with Gasteiger partial charge in [-0.1, -0.05) is 0 Å². The van der Waals surface area contributed by atoms with E-state index in [-0.39, 0.29) is 5.91 Å². The molecule has 3 N–H and O–H groups in total. The molecule has 6 heteroatoms. The molecule has 1 aliphatic heterocycles. The van der Waals surface area contributed by atoms with Gasteiger partial charge >= 0.3 is 0 Å². The minimum absolute atomic E-state index is 0.120. The smallest absolute Gasteiger partial charge is 0.233 e. The third-order valence-electron chi connectivity index (χ3n) is 2.31. The monoisotopic (exact) mass is 219 g/mol. The van der Waals surface area contributed by atoms with Gasteiger partial charge in [0.25, 0.3) is 0 Å². The Balaban J connectivity index is 2.07. The van der Waals surface area contributed by atoms with E-state index >= 15 is 0 Å². The Labute approximate surface area is 86.4 Å². The summed E-state index contributed by atoms with van der Waals surface area (Å²) >= 11 is 0. The van der Waals surface area contributed by atoms with E-state index in [1.165, 1.54) is 0 Å². The molecule has 0 radical (unpaired) electrons. The number of amides is 1. The maximum Gasteiger partial charge on any atom is 0.233 e. The van der Waals surface area contributed by atoms with Crippen molar-refractivity contribution in [2.75, 3.05) is 31.1 Å². The van der Waals surface area contributed by atoms with Gasteiger partial charge in [0.2, 0.25) is 5.91 Å². The zero-order valence-corrected chi connectivity index (χ0v) is 9.02. The number of nitrogens with two attached hydrogens (primary N) is 1. The largest absolute Gasteiger partial charge is 0.301 e. The molecule has 1 fully saturated rings. The van der Waals surface area contributed by atoms with E-state index in [0.717, 1.165) is 37.6 Å². The molecule has 0 aromatic rings. The average molecular weight is 219 g/mol. The average Bonchev–Trinajstić information content (AvgIpc) is 2.21. The molecule has 0 aromatic heterocycles. The van der Waals surface area contributed by atoms with Crippen LogP contribution in [0.5, 0.6) is 0 Å². The molecule has 0 unspecified atom stereocenters. The lowest BCUT2D eigenvalue weighted by molar-refractivity contribution is -0.121. The van der Waals surface area contributed by atoms with Gasteiger partial charge in [-0.25, -0.2) is 5.84 Å². The summed E-state index contributed by atoms with van der Waals surface area (Å²) in [6.07, 6.45) is 1.28. The number of hydrogen-bond donors (Lipinski definition) is 2. The van der Waals surface area contributed by atoms with Crippen LogP contribution in [0.1, 0.15) is 12.8 Å². The number of hydrogen-bond acceptors (Lipinski definition) is 4. The summed E-state index contributed by atoms with van der Waals surface area (Å²) in [5, 5.41) is 0. The van der Waals surface area contributed by atoms with Crippen molar-refractivity contribution in [1.29, 1.82) is 0 Å². The highest BCUT2D eigenvalue weighted by atomic mass is 32.2. The second-order valence-electron chi connectivity index (χ2n) is 3.36. The number of carbonyl (C=O) groups excluding carboxylic acids is 1. The van der Waals surface area contributed by atoms with Crippen molar-refractivity contribution < 1.29 is 9.00 Å². The molecule has 0 aliphatic carbocycles. The number of hydrazine groups is 1. The normalized spacial score (nSPS) is 19.5. The number of rotatable bonds is 4. The van der Waals surface area contributed by atoms with Crippen LogP contribution in [0.4, 0.5) is 0 Å². The quantitative estimate of drug-likeness (QED) is 0.354. The first-order valence-corrected chi connectivity index (χ1v) is 6.28. The molecule has 1 amide bonds. The Hall–Kier alpha value is -0.460. The summed E-state index contributed by atoms with van der Waals surface area (Å²) in [6, 6.07) is 0. The van der Waals surface area contributed by atoms with Gasteiger partial charge in [0.05, 0.1) is 0 Å². The van der Waals surface area contributed by atoms with Crippen molar-refractivity contribution in [3.8, 4) is 0 Å². The number of nitrogens with one attached hydrogen (secondary N) is 1. The molecule has 0 bridgehead atoms. The summed E-state index contributed by atoms with van der Waals surface area (Å²) in [4.78, 5) is 13.0. The molecule has 0 atom stereocenters. The molecule has 14 heavy (non-hydrogen) atoms. The van der Waals surface area contributed by atoms with Gasteiger partial charge in [0.15, 0.2) is 0 Å². The van der Waals surface area contributed by atoms with Crippen LogP contribution in [0.25, 0.3) is 0 Å². The fourth-order valence-corrected chi connectivity index (χ4v) is 2.56. The lowest BCUT2D eigenvalue weighted by atomic mass is 10.3.